The Morgan fingerprint density at radius 3 is 1.25 bits per heavy atom. The molecule has 0 saturated heterocycles. The van der Waals surface area contributed by atoms with Crippen molar-refractivity contribution in [1.82, 2.24) is 0 Å². The molecule has 0 atom stereocenters. The van der Waals surface area contributed by atoms with Crippen molar-refractivity contribution in [3.8, 4) is 11.5 Å². The normalized spacial score (nSPS) is 11.5. The fraction of sp³-hybridized carbons (Fsp3) is 0.600. The molecule has 0 aliphatic rings. The third-order valence-corrected chi connectivity index (χ3v) is 6.72. The Morgan fingerprint density at radius 1 is 0.531 bits per heavy atom. The van der Waals surface area contributed by atoms with Gasteiger partial charge in [-0.2, -0.15) is 0 Å². The Kier molecular flexibility index (Phi) is 12.3. The lowest BCUT2D eigenvalue weighted by atomic mass is 9.74. The van der Waals surface area contributed by atoms with Crippen LogP contribution in [0.1, 0.15) is 109 Å². The third kappa shape index (κ3) is 8.52. The van der Waals surface area contributed by atoms with Gasteiger partial charge in [0.15, 0.2) is 0 Å². The SMILES string of the molecule is CCCCCCCOc1ccc(C(C)(CC)c2ccc(OCCCCCCC)cc2)cc1. The lowest BCUT2D eigenvalue weighted by molar-refractivity contribution is 0.304. The molecule has 0 amide bonds. The van der Waals surface area contributed by atoms with Gasteiger partial charge in [-0.1, -0.05) is 103 Å². The van der Waals surface area contributed by atoms with Crippen molar-refractivity contribution in [2.75, 3.05) is 13.2 Å². The van der Waals surface area contributed by atoms with E-state index in [2.05, 4.69) is 76.2 Å². The molecule has 2 nitrogen and oxygen atoms in total. The Labute approximate surface area is 197 Å². The van der Waals surface area contributed by atoms with Crippen molar-refractivity contribution in [2.24, 2.45) is 0 Å². The van der Waals surface area contributed by atoms with E-state index in [1.807, 2.05) is 0 Å². The Bertz CT molecular complexity index is 658. The molecule has 0 N–H and O–H groups in total. The van der Waals surface area contributed by atoms with Crippen molar-refractivity contribution in [1.29, 1.82) is 0 Å². The minimum Gasteiger partial charge on any atom is -0.494 e. The molecular formula is C30H46O2. The fourth-order valence-electron chi connectivity index (χ4n) is 4.20. The van der Waals surface area contributed by atoms with Gasteiger partial charge < -0.3 is 9.47 Å². The average molecular weight is 439 g/mol. The van der Waals surface area contributed by atoms with Crippen LogP contribution in [0.25, 0.3) is 0 Å². The van der Waals surface area contributed by atoms with Gasteiger partial charge in [-0.05, 0) is 54.7 Å². The summed E-state index contributed by atoms with van der Waals surface area (Å²) in [6, 6.07) is 17.5. The van der Waals surface area contributed by atoms with Gasteiger partial charge in [0.25, 0.3) is 0 Å². The van der Waals surface area contributed by atoms with Crippen LogP contribution in [0.4, 0.5) is 0 Å². The molecule has 178 valence electrons. The average Bonchev–Trinajstić information content (AvgIpc) is 2.84. The second-order valence-corrected chi connectivity index (χ2v) is 9.26. The lowest BCUT2D eigenvalue weighted by Gasteiger charge is -2.30. The summed E-state index contributed by atoms with van der Waals surface area (Å²) in [6.45, 7) is 10.7. The number of hydrogen-bond donors (Lipinski definition) is 0. The second kappa shape index (κ2) is 15.0. The van der Waals surface area contributed by atoms with E-state index < -0.39 is 0 Å². The van der Waals surface area contributed by atoms with Crippen LogP contribution < -0.4 is 9.47 Å². The monoisotopic (exact) mass is 438 g/mol. The van der Waals surface area contributed by atoms with Crippen LogP contribution >= 0.6 is 0 Å². The van der Waals surface area contributed by atoms with Crippen molar-refractivity contribution in [3.63, 3.8) is 0 Å². The number of unbranched alkanes of at least 4 members (excludes halogenated alkanes) is 8. The summed E-state index contributed by atoms with van der Waals surface area (Å²) in [6.07, 6.45) is 13.7. The van der Waals surface area contributed by atoms with Gasteiger partial charge >= 0.3 is 0 Å². The Morgan fingerprint density at radius 2 is 0.906 bits per heavy atom. The van der Waals surface area contributed by atoms with Crippen LogP contribution in [0.2, 0.25) is 0 Å². The minimum atomic E-state index is -0.0165. The molecule has 0 fully saturated rings. The van der Waals surface area contributed by atoms with E-state index in [4.69, 9.17) is 9.47 Å². The lowest BCUT2D eigenvalue weighted by Crippen LogP contribution is -2.22. The van der Waals surface area contributed by atoms with Gasteiger partial charge in [0, 0.05) is 5.41 Å². The van der Waals surface area contributed by atoms with E-state index in [9.17, 15) is 0 Å². The van der Waals surface area contributed by atoms with Gasteiger partial charge in [0.2, 0.25) is 0 Å². The third-order valence-electron chi connectivity index (χ3n) is 6.72. The first-order valence-corrected chi connectivity index (χ1v) is 13.1. The molecule has 0 heterocycles. The molecular weight excluding hydrogens is 392 g/mol. The van der Waals surface area contributed by atoms with Crippen molar-refractivity contribution in [3.05, 3.63) is 59.7 Å². The van der Waals surface area contributed by atoms with E-state index in [1.54, 1.807) is 0 Å². The molecule has 0 spiro atoms. The molecule has 2 aromatic rings. The maximum absolute atomic E-state index is 5.96. The van der Waals surface area contributed by atoms with E-state index in [0.29, 0.717) is 0 Å². The van der Waals surface area contributed by atoms with E-state index >= 15 is 0 Å². The molecule has 0 bridgehead atoms. The van der Waals surface area contributed by atoms with Crippen LogP contribution in [-0.4, -0.2) is 13.2 Å². The summed E-state index contributed by atoms with van der Waals surface area (Å²) >= 11 is 0. The summed E-state index contributed by atoms with van der Waals surface area (Å²) in [4.78, 5) is 0. The van der Waals surface area contributed by atoms with E-state index in [0.717, 1.165) is 44.0 Å². The van der Waals surface area contributed by atoms with Crippen LogP contribution in [0.5, 0.6) is 11.5 Å². The van der Waals surface area contributed by atoms with E-state index in [1.165, 1.54) is 62.5 Å². The number of ether oxygens (including phenoxy) is 2. The number of benzene rings is 2. The molecule has 0 unspecified atom stereocenters. The Balaban J connectivity index is 1.88. The summed E-state index contributed by atoms with van der Waals surface area (Å²) in [5.74, 6) is 1.95. The highest BCUT2D eigenvalue weighted by Gasteiger charge is 2.27. The zero-order chi connectivity index (χ0) is 23.1. The molecule has 0 aliphatic heterocycles. The van der Waals surface area contributed by atoms with Gasteiger partial charge in [-0.3, -0.25) is 0 Å². The van der Waals surface area contributed by atoms with E-state index in [-0.39, 0.29) is 5.41 Å². The van der Waals surface area contributed by atoms with Crippen LogP contribution in [0.15, 0.2) is 48.5 Å². The first-order chi connectivity index (χ1) is 15.6. The quantitative estimate of drug-likeness (QED) is 0.229. The molecule has 0 aromatic heterocycles. The fourth-order valence-corrected chi connectivity index (χ4v) is 4.20. The van der Waals surface area contributed by atoms with Gasteiger partial charge in [0.1, 0.15) is 11.5 Å². The smallest absolute Gasteiger partial charge is 0.119 e. The molecule has 0 radical (unpaired) electrons. The summed E-state index contributed by atoms with van der Waals surface area (Å²) < 4.78 is 11.9. The minimum absolute atomic E-state index is 0.0165. The van der Waals surface area contributed by atoms with Crippen LogP contribution in [-0.2, 0) is 5.41 Å². The summed E-state index contributed by atoms with van der Waals surface area (Å²) in [5, 5.41) is 0. The summed E-state index contributed by atoms with van der Waals surface area (Å²) in [5.41, 5.74) is 2.65. The number of hydrogen-bond acceptors (Lipinski definition) is 2. The van der Waals surface area contributed by atoms with Gasteiger partial charge in [-0.15, -0.1) is 0 Å². The molecule has 2 aromatic carbocycles. The van der Waals surface area contributed by atoms with Gasteiger partial charge in [-0.25, -0.2) is 0 Å². The zero-order valence-electron chi connectivity index (χ0n) is 21.1. The van der Waals surface area contributed by atoms with Crippen molar-refractivity contribution >= 4 is 0 Å². The largest absolute Gasteiger partial charge is 0.494 e. The Hall–Kier alpha value is -1.96. The van der Waals surface area contributed by atoms with Crippen LogP contribution in [0.3, 0.4) is 0 Å². The second-order valence-electron chi connectivity index (χ2n) is 9.26. The maximum atomic E-state index is 5.96. The number of rotatable bonds is 17. The summed E-state index contributed by atoms with van der Waals surface area (Å²) in [7, 11) is 0. The predicted molar refractivity (Wildman–Crippen MR) is 138 cm³/mol. The first kappa shape index (κ1) is 26.3. The molecule has 0 saturated carbocycles. The molecule has 2 heteroatoms. The highest BCUT2D eigenvalue weighted by Crippen LogP contribution is 2.36. The first-order valence-electron chi connectivity index (χ1n) is 13.1. The van der Waals surface area contributed by atoms with Crippen molar-refractivity contribution in [2.45, 2.75) is 104 Å². The molecule has 32 heavy (non-hydrogen) atoms. The van der Waals surface area contributed by atoms with Crippen LogP contribution in [0, 0.1) is 0 Å². The highest BCUT2D eigenvalue weighted by atomic mass is 16.5. The molecule has 0 aliphatic carbocycles. The standard InChI is InChI=1S/C30H46O2/c1-5-8-10-12-14-24-31-28-20-16-26(17-21-28)30(4,7-3)27-18-22-29(23-19-27)32-25-15-13-11-9-6-2/h16-23H,5-15,24-25H2,1-4H3. The maximum Gasteiger partial charge on any atom is 0.119 e. The van der Waals surface area contributed by atoms with Gasteiger partial charge in [0.05, 0.1) is 13.2 Å². The zero-order valence-corrected chi connectivity index (χ0v) is 21.1. The highest BCUT2D eigenvalue weighted by molar-refractivity contribution is 5.42. The predicted octanol–water partition coefficient (Wildman–Crippen LogP) is 9.10. The topological polar surface area (TPSA) is 18.5 Å². The van der Waals surface area contributed by atoms with Crippen molar-refractivity contribution < 1.29 is 9.47 Å². The molecule has 2 rings (SSSR count).